The van der Waals surface area contributed by atoms with Crippen molar-refractivity contribution in [1.29, 1.82) is 0 Å². The zero-order valence-electron chi connectivity index (χ0n) is 6.66. The first kappa shape index (κ1) is 9.42. The Morgan fingerprint density at radius 3 is 2.08 bits per heavy atom. The molecule has 0 bridgehead atoms. The van der Waals surface area contributed by atoms with E-state index in [4.69, 9.17) is 0 Å². The van der Waals surface area contributed by atoms with Gasteiger partial charge in [0.25, 0.3) is 0 Å². The standard InChI is InChI=1S/C8H11F3O/c9-7(10)8(11)12-6-4-2-1-3-5-6/h6H,1-5H2. The van der Waals surface area contributed by atoms with Crippen molar-refractivity contribution in [2.24, 2.45) is 0 Å². The molecule has 0 aromatic heterocycles. The maximum atomic E-state index is 12.2. The van der Waals surface area contributed by atoms with E-state index in [1.165, 1.54) is 0 Å². The van der Waals surface area contributed by atoms with Crippen LogP contribution in [0.4, 0.5) is 13.2 Å². The van der Waals surface area contributed by atoms with Gasteiger partial charge in [0, 0.05) is 0 Å². The van der Waals surface area contributed by atoms with Crippen molar-refractivity contribution in [2.45, 2.75) is 38.2 Å². The molecule has 4 heteroatoms. The quantitative estimate of drug-likeness (QED) is 0.592. The molecule has 70 valence electrons. The average molecular weight is 180 g/mol. The molecule has 0 radical (unpaired) electrons. The Bertz CT molecular complexity index is 169. The molecule has 0 atom stereocenters. The zero-order chi connectivity index (χ0) is 8.97. The largest absolute Gasteiger partial charge is 0.464 e. The molecule has 0 N–H and O–H groups in total. The van der Waals surface area contributed by atoms with Gasteiger partial charge < -0.3 is 4.74 Å². The molecular weight excluding hydrogens is 169 g/mol. The second-order valence-corrected chi connectivity index (χ2v) is 2.91. The van der Waals surface area contributed by atoms with E-state index < -0.39 is 12.1 Å². The molecule has 0 aromatic rings. The summed E-state index contributed by atoms with van der Waals surface area (Å²) in [5, 5.41) is 0. The third kappa shape index (κ3) is 2.75. The van der Waals surface area contributed by atoms with E-state index in [2.05, 4.69) is 4.74 Å². The van der Waals surface area contributed by atoms with Crippen LogP contribution in [-0.4, -0.2) is 6.10 Å². The van der Waals surface area contributed by atoms with Gasteiger partial charge in [0.15, 0.2) is 0 Å². The summed E-state index contributed by atoms with van der Waals surface area (Å²) in [5.41, 5.74) is 0. The smallest absolute Gasteiger partial charge is 0.342 e. The van der Waals surface area contributed by atoms with Crippen LogP contribution in [-0.2, 0) is 4.74 Å². The van der Waals surface area contributed by atoms with Crippen molar-refractivity contribution < 1.29 is 17.9 Å². The van der Waals surface area contributed by atoms with Gasteiger partial charge in [-0.05, 0) is 25.7 Å². The van der Waals surface area contributed by atoms with Crippen LogP contribution in [0.1, 0.15) is 32.1 Å². The van der Waals surface area contributed by atoms with Gasteiger partial charge in [-0.2, -0.15) is 13.2 Å². The maximum Gasteiger partial charge on any atom is 0.342 e. The van der Waals surface area contributed by atoms with E-state index in [-0.39, 0.29) is 6.10 Å². The van der Waals surface area contributed by atoms with Gasteiger partial charge in [0.05, 0.1) is 0 Å². The fourth-order valence-electron chi connectivity index (χ4n) is 1.37. The maximum absolute atomic E-state index is 12.2. The second kappa shape index (κ2) is 4.38. The van der Waals surface area contributed by atoms with Gasteiger partial charge in [-0.3, -0.25) is 0 Å². The van der Waals surface area contributed by atoms with Crippen molar-refractivity contribution in [2.75, 3.05) is 0 Å². The second-order valence-electron chi connectivity index (χ2n) is 2.91. The number of hydrogen-bond acceptors (Lipinski definition) is 1. The molecule has 0 saturated heterocycles. The predicted molar refractivity (Wildman–Crippen MR) is 38.3 cm³/mol. The third-order valence-electron chi connectivity index (χ3n) is 1.97. The summed E-state index contributed by atoms with van der Waals surface area (Å²) in [6, 6.07) is -1.71. The fourth-order valence-corrected chi connectivity index (χ4v) is 1.37. The predicted octanol–water partition coefficient (Wildman–Crippen LogP) is 3.37. The number of ether oxygens (including phenoxy) is 1. The summed E-state index contributed by atoms with van der Waals surface area (Å²) in [6.45, 7) is 0. The molecule has 1 saturated carbocycles. The minimum Gasteiger partial charge on any atom is -0.464 e. The first-order valence-electron chi connectivity index (χ1n) is 4.07. The lowest BCUT2D eigenvalue weighted by molar-refractivity contribution is 0.0300. The highest BCUT2D eigenvalue weighted by Crippen LogP contribution is 2.24. The van der Waals surface area contributed by atoms with Crippen molar-refractivity contribution in [3.8, 4) is 0 Å². The summed E-state index contributed by atoms with van der Waals surface area (Å²) in [7, 11) is 0. The highest BCUT2D eigenvalue weighted by molar-refractivity contribution is 4.83. The van der Waals surface area contributed by atoms with Crippen molar-refractivity contribution in [3.63, 3.8) is 0 Å². The van der Waals surface area contributed by atoms with Crippen molar-refractivity contribution in [1.82, 2.24) is 0 Å². The lowest BCUT2D eigenvalue weighted by Gasteiger charge is -2.21. The van der Waals surface area contributed by atoms with Gasteiger partial charge in [-0.1, -0.05) is 6.42 Å². The van der Waals surface area contributed by atoms with E-state index in [0.717, 1.165) is 19.3 Å². The number of halogens is 3. The molecule has 1 rings (SSSR count). The number of hydrogen-bond donors (Lipinski definition) is 0. The molecule has 0 aromatic carbocycles. The highest BCUT2D eigenvalue weighted by Gasteiger charge is 2.18. The zero-order valence-corrected chi connectivity index (χ0v) is 6.66. The lowest BCUT2D eigenvalue weighted by atomic mass is 9.98. The number of rotatable bonds is 2. The normalized spacial score (nSPS) is 18.9. The Morgan fingerprint density at radius 1 is 1.00 bits per heavy atom. The molecule has 0 unspecified atom stereocenters. The molecule has 0 aliphatic heterocycles. The Hall–Kier alpha value is -0.670. The van der Waals surface area contributed by atoms with E-state index in [1.54, 1.807) is 0 Å². The average Bonchev–Trinajstić information content (AvgIpc) is 2.06. The van der Waals surface area contributed by atoms with Crippen LogP contribution in [0.3, 0.4) is 0 Å². The molecular formula is C8H11F3O. The van der Waals surface area contributed by atoms with Gasteiger partial charge >= 0.3 is 12.1 Å². The van der Waals surface area contributed by atoms with E-state index in [0.29, 0.717) is 12.8 Å². The minimum absolute atomic E-state index is 0.347. The molecule has 0 heterocycles. The van der Waals surface area contributed by atoms with E-state index in [9.17, 15) is 13.2 Å². The molecule has 0 spiro atoms. The fraction of sp³-hybridized carbons (Fsp3) is 0.750. The SMILES string of the molecule is FC(F)=C(F)OC1CCCCC1. The molecule has 1 nitrogen and oxygen atoms in total. The first-order valence-corrected chi connectivity index (χ1v) is 4.07. The molecule has 0 amide bonds. The van der Waals surface area contributed by atoms with E-state index >= 15 is 0 Å². The topological polar surface area (TPSA) is 9.23 Å². The first-order chi connectivity index (χ1) is 5.70. The summed E-state index contributed by atoms with van der Waals surface area (Å²) < 4.78 is 39.8. The lowest BCUT2D eigenvalue weighted by Crippen LogP contribution is -2.15. The van der Waals surface area contributed by atoms with Crippen LogP contribution in [0, 0.1) is 0 Å². The van der Waals surface area contributed by atoms with Crippen LogP contribution in [0.2, 0.25) is 0 Å². The Labute approximate surface area is 69.2 Å². The molecule has 12 heavy (non-hydrogen) atoms. The Morgan fingerprint density at radius 2 is 1.58 bits per heavy atom. The summed E-state index contributed by atoms with van der Waals surface area (Å²) in [4.78, 5) is 0. The van der Waals surface area contributed by atoms with Crippen LogP contribution < -0.4 is 0 Å². The summed E-state index contributed by atoms with van der Waals surface area (Å²) in [5.74, 6) is 0. The van der Waals surface area contributed by atoms with Gasteiger partial charge in [0.2, 0.25) is 0 Å². The monoisotopic (exact) mass is 180 g/mol. The van der Waals surface area contributed by atoms with Crippen LogP contribution in [0.15, 0.2) is 12.1 Å². The van der Waals surface area contributed by atoms with Crippen LogP contribution >= 0.6 is 0 Å². The minimum atomic E-state index is -2.36. The van der Waals surface area contributed by atoms with E-state index in [1.807, 2.05) is 0 Å². The van der Waals surface area contributed by atoms with Crippen molar-refractivity contribution in [3.05, 3.63) is 12.1 Å². The van der Waals surface area contributed by atoms with Gasteiger partial charge in [0.1, 0.15) is 6.10 Å². The molecule has 1 aliphatic rings. The van der Waals surface area contributed by atoms with Crippen LogP contribution in [0.25, 0.3) is 0 Å². The Kier molecular flexibility index (Phi) is 3.44. The third-order valence-corrected chi connectivity index (χ3v) is 1.97. The molecule has 1 aliphatic carbocycles. The Balaban J connectivity index is 2.34. The highest BCUT2D eigenvalue weighted by atomic mass is 19.3. The van der Waals surface area contributed by atoms with Gasteiger partial charge in [-0.25, -0.2) is 0 Å². The molecule has 1 fully saturated rings. The summed E-state index contributed by atoms with van der Waals surface area (Å²) in [6.07, 6.45) is 1.61. The van der Waals surface area contributed by atoms with Crippen molar-refractivity contribution >= 4 is 0 Å². The van der Waals surface area contributed by atoms with Gasteiger partial charge in [-0.15, -0.1) is 0 Å². The summed E-state index contributed by atoms with van der Waals surface area (Å²) >= 11 is 0. The van der Waals surface area contributed by atoms with Crippen LogP contribution in [0.5, 0.6) is 0 Å².